The number of nitrogens with zero attached hydrogens (tertiary/aromatic N) is 3. The Bertz CT molecular complexity index is 564. The van der Waals surface area contributed by atoms with Crippen LogP contribution in [0.3, 0.4) is 0 Å². The van der Waals surface area contributed by atoms with Crippen molar-refractivity contribution < 1.29 is 4.79 Å². The molecule has 0 spiro atoms. The maximum absolute atomic E-state index is 12.2. The minimum Gasteiger partial charge on any atom is -0.385 e. The summed E-state index contributed by atoms with van der Waals surface area (Å²) < 4.78 is 0. The highest BCUT2D eigenvalue weighted by Crippen LogP contribution is 2.17. The van der Waals surface area contributed by atoms with Gasteiger partial charge in [-0.2, -0.15) is 5.10 Å². The van der Waals surface area contributed by atoms with Crippen LogP contribution in [0.25, 0.3) is 0 Å². The van der Waals surface area contributed by atoms with Gasteiger partial charge >= 0.3 is 0 Å². The maximum Gasteiger partial charge on any atom is 0.276 e. The molecule has 1 amide bonds. The van der Waals surface area contributed by atoms with E-state index < -0.39 is 0 Å². The highest BCUT2D eigenvalue weighted by Gasteiger charge is 2.16. The maximum atomic E-state index is 12.2. The molecule has 2 heterocycles. The molecule has 0 aliphatic rings. The monoisotopic (exact) mass is 260 g/mol. The number of hydrogen-bond acceptors (Lipinski definition) is 5. The molecule has 0 saturated heterocycles. The number of hydrogen-bond donors (Lipinski definition) is 3. The van der Waals surface area contributed by atoms with Crippen molar-refractivity contribution >= 4 is 17.3 Å². The van der Waals surface area contributed by atoms with E-state index in [1.165, 1.54) is 6.20 Å². The van der Waals surface area contributed by atoms with Crippen molar-refractivity contribution in [3.63, 3.8) is 0 Å². The predicted molar refractivity (Wildman–Crippen MR) is 72.2 cm³/mol. The fraction of sp³-hybridized carbons (Fsp3) is 0.333. The first-order valence-corrected chi connectivity index (χ1v) is 5.96. The fourth-order valence-electron chi connectivity index (χ4n) is 1.54. The van der Waals surface area contributed by atoms with Crippen LogP contribution in [0.5, 0.6) is 0 Å². The Hall–Kier alpha value is -2.44. The van der Waals surface area contributed by atoms with Gasteiger partial charge in [-0.15, -0.1) is 0 Å². The summed E-state index contributed by atoms with van der Waals surface area (Å²) in [6.07, 6.45) is 4.75. The van der Waals surface area contributed by atoms with Gasteiger partial charge in [-0.1, -0.05) is 13.8 Å². The van der Waals surface area contributed by atoms with Crippen molar-refractivity contribution in [1.82, 2.24) is 20.2 Å². The van der Waals surface area contributed by atoms with Crippen molar-refractivity contribution in [1.29, 1.82) is 0 Å². The summed E-state index contributed by atoms with van der Waals surface area (Å²) in [7, 11) is 1.72. The highest BCUT2D eigenvalue weighted by atomic mass is 16.1. The Balaban J connectivity index is 2.30. The molecule has 3 N–H and O–H groups in total. The zero-order valence-corrected chi connectivity index (χ0v) is 11.1. The zero-order chi connectivity index (χ0) is 13.8. The molecule has 0 atom stereocenters. The Kier molecular flexibility index (Phi) is 3.74. The molecule has 0 bridgehead atoms. The van der Waals surface area contributed by atoms with Crippen LogP contribution >= 0.6 is 0 Å². The third kappa shape index (κ3) is 2.87. The highest BCUT2D eigenvalue weighted by molar-refractivity contribution is 6.06. The Morgan fingerprint density at radius 3 is 2.74 bits per heavy atom. The third-order valence-electron chi connectivity index (χ3n) is 2.56. The summed E-state index contributed by atoms with van der Waals surface area (Å²) in [6, 6.07) is 0. The van der Waals surface area contributed by atoms with E-state index in [-0.39, 0.29) is 11.8 Å². The van der Waals surface area contributed by atoms with Crippen LogP contribution in [-0.4, -0.2) is 33.1 Å². The van der Waals surface area contributed by atoms with E-state index >= 15 is 0 Å². The van der Waals surface area contributed by atoms with Gasteiger partial charge in [0.1, 0.15) is 5.82 Å². The van der Waals surface area contributed by atoms with Crippen molar-refractivity contribution in [3.05, 3.63) is 30.1 Å². The first kappa shape index (κ1) is 13.0. The SMILES string of the molecule is CNc1cnc(C(C)C)nc1C(=O)Nc1cn[nH]c1. The summed E-state index contributed by atoms with van der Waals surface area (Å²) in [5.41, 5.74) is 1.50. The average molecular weight is 260 g/mol. The van der Waals surface area contributed by atoms with Crippen molar-refractivity contribution in [2.45, 2.75) is 19.8 Å². The van der Waals surface area contributed by atoms with Crippen LogP contribution in [-0.2, 0) is 0 Å². The lowest BCUT2D eigenvalue weighted by Gasteiger charge is -2.10. The summed E-state index contributed by atoms with van der Waals surface area (Å²) in [5.74, 6) is 0.498. The molecule has 0 aromatic carbocycles. The number of anilines is 2. The van der Waals surface area contributed by atoms with Crippen LogP contribution < -0.4 is 10.6 Å². The number of nitrogens with one attached hydrogen (secondary N) is 3. The molecule has 2 rings (SSSR count). The molecule has 2 aromatic heterocycles. The number of H-pyrrole nitrogens is 1. The Morgan fingerprint density at radius 2 is 2.16 bits per heavy atom. The van der Waals surface area contributed by atoms with Gasteiger partial charge in [0.2, 0.25) is 0 Å². The zero-order valence-electron chi connectivity index (χ0n) is 11.1. The first-order chi connectivity index (χ1) is 9.11. The summed E-state index contributed by atoms with van der Waals surface area (Å²) >= 11 is 0. The molecule has 2 aromatic rings. The van der Waals surface area contributed by atoms with Gasteiger partial charge in [-0.05, 0) is 0 Å². The first-order valence-electron chi connectivity index (χ1n) is 5.96. The van der Waals surface area contributed by atoms with E-state index in [1.54, 1.807) is 19.4 Å². The second-order valence-corrected chi connectivity index (χ2v) is 4.34. The lowest BCUT2D eigenvalue weighted by Crippen LogP contribution is -2.17. The molecule has 7 heteroatoms. The Labute approximate surface area is 110 Å². The van der Waals surface area contributed by atoms with Crippen molar-refractivity contribution in [2.24, 2.45) is 0 Å². The molecule has 0 unspecified atom stereocenters. The quantitative estimate of drug-likeness (QED) is 0.776. The minimum absolute atomic E-state index is 0.159. The van der Waals surface area contributed by atoms with Gasteiger partial charge in [-0.25, -0.2) is 9.97 Å². The van der Waals surface area contributed by atoms with E-state index in [9.17, 15) is 4.79 Å². The molecular formula is C12H16N6O. The van der Waals surface area contributed by atoms with Crippen LogP contribution in [0.1, 0.15) is 36.1 Å². The van der Waals surface area contributed by atoms with Crippen molar-refractivity contribution in [3.8, 4) is 0 Å². The topological polar surface area (TPSA) is 95.6 Å². The summed E-state index contributed by atoms with van der Waals surface area (Å²) in [4.78, 5) is 20.7. The molecule has 7 nitrogen and oxygen atoms in total. The molecule has 0 fully saturated rings. The molecular weight excluding hydrogens is 244 g/mol. The van der Waals surface area contributed by atoms with Gasteiger partial charge in [0, 0.05) is 19.2 Å². The third-order valence-corrected chi connectivity index (χ3v) is 2.56. The van der Waals surface area contributed by atoms with Crippen LogP contribution in [0.2, 0.25) is 0 Å². The number of carbonyl (C=O) groups is 1. The molecule has 0 radical (unpaired) electrons. The van der Waals surface area contributed by atoms with Crippen LogP contribution in [0.15, 0.2) is 18.6 Å². The summed E-state index contributed by atoms with van der Waals surface area (Å²) in [6.45, 7) is 3.96. The second kappa shape index (κ2) is 5.47. The normalized spacial score (nSPS) is 10.5. The second-order valence-electron chi connectivity index (χ2n) is 4.34. The number of rotatable bonds is 4. The van der Waals surface area contributed by atoms with Crippen LogP contribution in [0, 0.1) is 0 Å². The standard InChI is InChI=1S/C12H16N6O/c1-7(2)11-14-6-9(13-3)10(18-11)12(19)17-8-4-15-16-5-8/h4-7,13H,1-3H3,(H,15,16)(H,17,19). The molecule has 0 saturated carbocycles. The lowest BCUT2D eigenvalue weighted by atomic mass is 10.2. The number of amides is 1. The van der Waals surface area contributed by atoms with Gasteiger partial charge in [-0.3, -0.25) is 9.89 Å². The van der Waals surface area contributed by atoms with Gasteiger partial charge < -0.3 is 10.6 Å². The molecule has 19 heavy (non-hydrogen) atoms. The average Bonchev–Trinajstić information content (AvgIpc) is 2.90. The van der Waals surface area contributed by atoms with Crippen LogP contribution in [0.4, 0.5) is 11.4 Å². The number of carbonyl (C=O) groups excluding carboxylic acids is 1. The van der Waals surface area contributed by atoms with E-state index in [0.717, 1.165) is 0 Å². The lowest BCUT2D eigenvalue weighted by molar-refractivity contribution is 0.102. The summed E-state index contributed by atoms with van der Waals surface area (Å²) in [5, 5.41) is 12.0. The molecule has 0 aliphatic carbocycles. The predicted octanol–water partition coefficient (Wildman–Crippen LogP) is 1.62. The van der Waals surface area contributed by atoms with Gasteiger partial charge in [0.25, 0.3) is 5.91 Å². The minimum atomic E-state index is -0.296. The fourth-order valence-corrected chi connectivity index (χ4v) is 1.54. The van der Waals surface area contributed by atoms with Gasteiger partial charge in [0.05, 0.1) is 23.8 Å². The number of aromatic amines is 1. The molecule has 100 valence electrons. The smallest absolute Gasteiger partial charge is 0.276 e. The van der Waals surface area contributed by atoms with Crippen molar-refractivity contribution in [2.75, 3.05) is 17.7 Å². The van der Waals surface area contributed by atoms with E-state index in [4.69, 9.17) is 0 Å². The Morgan fingerprint density at radius 1 is 1.37 bits per heavy atom. The number of aromatic nitrogens is 4. The largest absolute Gasteiger partial charge is 0.385 e. The molecule has 0 aliphatic heterocycles. The van der Waals surface area contributed by atoms with Gasteiger partial charge in [0.15, 0.2) is 5.69 Å². The van der Waals surface area contributed by atoms with E-state index in [1.807, 2.05) is 13.8 Å². The van der Waals surface area contributed by atoms with E-state index in [2.05, 4.69) is 30.8 Å². The van der Waals surface area contributed by atoms with E-state index in [0.29, 0.717) is 22.9 Å².